The molecule has 7 aliphatic rings. The molecule has 5 heterocycles. The summed E-state index contributed by atoms with van der Waals surface area (Å²) in [7, 11) is 0. The van der Waals surface area contributed by atoms with E-state index in [4.69, 9.17) is 20.0 Å². The van der Waals surface area contributed by atoms with Gasteiger partial charge < -0.3 is 0 Å². The molecule has 4 nitrogen and oxygen atoms in total. The molecule has 0 N–H and O–H groups in total. The Morgan fingerprint density at radius 2 is 0.496 bits per heavy atom. The summed E-state index contributed by atoms with van der Waals surface area (Å²) >= 11 is 0. The molecule has 115 heavy (non-hydrogen) atoms. The first kappa shape index (κ1) is 89.3. The lowest BCUT2D eigenvalue weighted by Gasteiger charge is -2.35. The van der Waals surface area contributed by atoms with Gasteiger partial charge >= 0.3 is 0 Å². The van der Waals surface area contributed by atoms with E-state index >= 15 is 0 Å². The number of nitrogens with zero attached hydrogens (tertiary/aromatic N) is 4. The number of rotatable bonds is 63. The molecule has 0 saturated carbocycles. The van der Waals surface area contributed by atoms with Crippen molar-refractivity contribution in [2.45, 2.75) is 430 Å². The Hall–Kier alpha value is -6.52. The summed E-state index contributed by atoms with van der Waals surface area (Å²) in [4.78, 5) is 22.5. The number of allylic oxidation sites excluding steroid dienone is 12. The molecule has 0 fully saturated rings. The number of aliphatic imine (C=N–C) groups is 4. The zero-order chi connectivity index (χ0) is 79.5. The Balaban J connectivity index is 0.722. The van der Waals surface area contributed by atoms with Crippen LogP contribution in [0.25, 0.3) is 33.4 Å². The minimum Gasteiger partial charge on any atom is -0.248 e. The average Bonchev–Trinajstić information content (AvgIpc) is 1.56. The quantitative estimate of drug-likeness (QED) is 0.0396. The van der Waals surface area contributed by atoms with Gasteiger partial charge in [-0.15, -0.1) is 0 Å². The van der Waals surface area contributed by atoms with Gasteiger partial charge in [0.1, 0.15) is 0 Å². The average molecular weight is 1550 g/mol. The van der Waals surface area contributed by atoms with Crippen LogP contribution in [0.15, 0.2) is 188 Å². The Morgan fingerprint density at radius 3 is 0.843 bits per heavy atom. The van der Waals surface area contributed by atoms with Gasteiger partial charge in [0, 0.05) is 22.0 Å². The van der Waals surface area contributed by atoms with Gasteiger partial charge in [-0.3, -0.25) is 0 Å². The molecule has 0 radical (unpaired) electrons. The molecule has 622 valence electrons. The second-order valence-electron chi connectivity index (χ2n) is 36.7. The summed E-state index contributed by atoms with van der Waals surface area (Å²) in [5.74, 6) is 0. The highest BCUT2D eigenvalue weighted by atomic mass is 14.9. The van der Waals surface area contributed by atoms with Crippen molar-refractivity contribution in [3.63, 3.8) is 0 Å². The minimum absolute atomic E-state index is 0.121. The third-order valence-corrected chi connectivity index (χ3v) is 27.4. The van der Waals surface area contributed by atoms with Crippen LogP contribution in [-0.4, -0.2) is 22.8 Å². The van der Waals surface area contributed by atoms with Crippen LogP contribution in [0.5, 0.6) is 0 Å². The second-order valence-corrected chi connectivity index (χ2v) is 36.7. The van der Waals surface area contributed by atoms with Gasteiger partial charge in [0.05, 0.1) is 45.6 Å². The van der Waals surface area contributed by atoms with Gasteiger partial charge in [-0.2, -0.15) is 0 Å². The Bertz CT molecular complexity index is 3950. The van der Waals surface area contributed by atoms with E-state index in [9.17, 15) is 0 Å². The number of benzene rings is 4. The lowest BCUT2D eigenvalue weighted by atomic mass is 9.68. The highest BCUT2D eigenvalue weighted by Gasteiger charge is 2.46. The maximum atomic E-state index is 5.65. The SMILES string of the molecule is CCCCCCCCCCCCCCCCCCCCCCCCCCCCCCCCC1(C)c2ccccc2-c2cccc(C3=C4C=CC(=N4)C=C4C=CC(=N4)C(c4cccc5c4C(CCCCCCCCCCCCCCCC)(CCCCCCCCCCCCCCCC)c4ccccc4-5)=C4C=CC(=N4)C=C4C=CC3=N4)c21. The third kappa shape index (κ3) is 27.0. The van der Waals surface area contributed by atoms with Crippen molar-refractivity contribution < 1.29 is 0 Å². The van der Waals surface area contributed by atoms with Crippen LogP contribution in [0.2, 0.25) is 0 Å². The molecule has 11 rings (SSSR count). The smallest absolute Gasteiger partial charge is 0.0737 e. The predicted octanol–water partition coefficient (Wildman–Crippen LogP) is 35.0. The predicted molar refractivity (Wildman–Crippen MR) is 506 cm³/mol. The van der Waals surface area contributed by atoms with E-state index in [1.807, 2.05) is 0 Å². The molecular formula is C111H158N4. The highest BCUT2D eigenvalue weighted by molar-refractivity contribution is 6.34. The van der Waals surface area contributed by atoms with Crippen LogP contribution >= 0.6 is 0 Å². The Morgan fingerprint density at radius 1 is 0.226 bits per heavy atom. The lowest BCUT2D eigenvalue weighted by Crippen LogP contribution is -2.27. The largest absolute Gasteiger partial charge is 0.248 e. The maximum absolute atomic E-state index is 5.65. The van der Waals surface area contributed by atoms with Crippen molar-refractivity contribution in [1.29, 1.82) is 0 Å². The summed E-state index contributed by atoms with van der Waals surface area (Å²) < 4.78 is 0. The molecule has 0 amide bonds. The standard InChI is InChI=1S/C111H158N4/c1-5-8-11-14-17-20-23-26-29-30-31-32-33-34-35-36-37-38-39-40-41-42-43-44-45-48-51-54-57-64-85-110(4)100-75-62-60-69-94(100)96-71-67-73-98(108(96)110)106-102-81-77-90(112-102)88-92-79-83-104(114-92)107(105-84-80-93(115-105)89-91-78-82-103(106)113-91)99-74-68-72-97-95-70-61-63-76-101(95)111(109(97)99,86-65-58-55-52-49-46-27-24-21-18-15-12-9-6-2)87-66-59-56-53-50-47-28-25-22-19-16-13-10-7-3/h60-63,67-84,88-89H,5-59,64-66,85-87H2,1-4H3. The summed E-state index contributed by atoms with van der Waals surface area (Å²) in [5.41, 5.74) is 23.4. The van der Waals surface area contributed by atoms with E-state index < -0.39 is 0 Å². The van der Waals surface area contributed by atoms with Gasteiger partial charge in [-0.05, 0) is 136 Å². The van der Waals surface area contributed by atoms with E-state index in [1.165, 1.54) is 428 Å². The number of hydrogen-bond donors (Lipinski definition) is 0. The van der Waals surface area contributed by atoms with Crippen molar-refractivity contribution in [2.75, 3.05) is 0 Å². The Kier molecular flexibility index (Phi) is 39.6. The summed E-state index contributed by atoms with van der Waals surface area (Å²) in [6.07, 6.45) is 107. The van der Waals surface area contributed by atoms with Crippen LogP contribution in [-0.2, 0) is 10.8 Å². The first-order valence-electron chi connectivity index (χ1n) is 49.4. The molecule has 4 heteroatoms. The second kappa shape index (κ2) is 51.1. The molecule has 4 aromatic carbocycles. The highest BCUT2D eigenvalue weighted by Crippen LogP contribution is 2.58. The molecule has 8 bridgehead atoms. The number of hydrogen-bond acceptors (Lipinski definition) is 4. The van der Waals surface area contributed by atoms with Crippen LogP contribution < -0.4 is 0 Å². The van der Waals surface area contributed by atoms with E-state index in [0.717, 1.165) is 76.0 Å². The van der Waals surface area contributed by atoms with Crippen LogP contribution in [0.3, 0.4) is 0 Å². The van der Waals surface area contributed by atoms with E-state index in [2.05, 4.69) is 173 Å². The molecule has 5 aliphatic heterocycles. The van der Waals surface area contributed by atoms with Gasteiger partial charge in [0.2, 0.25) is 0 Å². The van der Waals surface area contributed by atoms with Crippen molar-refractivity contribution >= 4 is 34.0 Å². The molecule has 0 aromatic heterocycles. The fraction of sp³-hybridized carbons (Fsp3) is 0.604. The fourth-order valence-electron chi connectivity index (χ4n) is 20.8. The van der Waals surface area contributed by atoms with Crippen molar-refractivity contribution in [2.24, 2.45) is 20.0 Å². The summed E-state index contributed by atoms with van der Waals surface area (Å²) in [5, 5.41) is 0. The summed E-state index contributed by atoms with van der Waals surface area (Å²) in [6, 6.07) is 33.1. The van der Waals surface area contributed by atoms with Gasteiger partial charge in [-0.25, -0.2) is 20.0 Å². The van der Waals surface area contributed by atoms with Gasteiger partial charge in [0.25, 0.3) is 0 Å². The fourth-order valence-corrected chi connectivity index (χ4v) is 20.8. The molecular weight excluding hydrogens is 1390 g/mol. The van der Waals surface area contributed by atoms with Crippen LogP contribution in [0.4, 0.5) is 0 Å². The topological polar surface area (TPSA) is 49.4 Å². The number of fused-ring (bicyclic) bond motifs is 10. The zero-order valence-electron chi connectivity index (χ0n) is 73.8. The minimum atomic E-state index is -0.169. The first-order chi connectivity index (χ1) is 56.9. The maximum Gasteiger partial charge on any atom is 0.0737 e. The zero-order valence-corrected chi connectivity index (χ0v) is 73.8. The molecule has 0 saturated heterocycles. The summed E-state index contributed by atoms with van der Waals surface area (Å²) in [6.45, 7) is 9.50. The molecule has 1 atom stereocenters. The Labute approximate surface area is 703 Å². The van der Waals surface area contributed by atoms with Crippen molar-refractivity contribution in [3.05, 3.63) is 202 Å². The monoisotopic (exact) mass is 1550 g/mol. The van der Waals surface area contributed by atoms with Crippen LogP contribution in [0.1, 0.15) is 453 Å². The van der Waals surface area contributed by atoms with E-state index in [-0.39, 0.29) is 10.8 Å². The lowest BCUT2D eigenvalue weighted by molar-refractivity contribution is 0.396. The van der Waals surface area contributed by atoms with Gasteiger partial charge in [0.15, 0.2) is 0 Å². The van der Waals surface area contributed by atoms with Gasteiger partial charge in [-0.1, -0.05) is 485 Å². The molecule has 0 spiro atoms. The number of unbranched alkanes of at least 4 members (excludes halogenated alkanes) is 55. The first-order valence-corrected chi connectivity index (χ1v) is 49.4. The van der Waals surface area contributed by atoms with Crippen LogP contribution in [0, 0.1) is 0 Å². The third-order valence-electron chi connectivity index (χ3n) is 27.4. The molecule has 1 unspecified atom stereocenters. The van der Waals surface area contributed by atoms with Crippen molar-refractivity contribution in [1.82, 2.24) is 0 Å². The van der Waals surface area contributed by atoms with E-state index in [1.54, 1.807) is 0 Å². The molecule has 4 aromatic rings. The normalized spacial score (nSPS) is 16.6. The molecule has 2 aliphatic carbocycles. The van der Waals surface area contributed by atoms with Crippen molar-refractivity contribution in [3.8, 4) is 22.3 Å². The van der Waals surface area contributed by atoms with E-state index in [0.29, 0.717) is 0 Å².